The summed E-state index contributed by atoms with van der Waals surface area (Å²) in [6, 6.07) is 8.81. The van der Waals surface area contributed by atoms with Crippen molar-refractivity contribution in [2.24, 2.45) is 0 Å². The summed E-state index contributed by atoms with van der Waals surface area (Å²) in [5, 5.41) is 7.12. The number of likely N-dealkylation sites (tertiary alicyclic amines) is 1. The molecule has 1 N–H and O–H groups in total. The summed E-state index contributed by atoms with van der Waals surface area (Å²) in [6.07, 6.45) is -3.05. The average molecular weight is 446 g/mol. The number of benzene rings is 1. The van der Waals surface area contributed by atoms with E-state index in [4.69, 9.17) is 19.4 Å². The SMILES string of the molecule is COCCN1Cc2ccccc2C2(CCN(C(=O)COC)CC2)C1.O=C(O)C(F)(F)F. The van der Waals surface area contributed by atoms with Gasteiger partial charge >= 0.3 is 12.1 Å². The third kappa shape index (κ3) is 6.65. The third-order valence-electron chi connectivity index (χ3n) is 5.70. The topological polar surface area (TPSA) is 79.3 Å². The Labute approximate surface area is 179 Å². The molecule has 1 aromatic carbocycles. The van der Waals surface area contributed by atoms with Crippen LogP contribution in [0.1, 0.15) is 24.0 Å². The van der Waals surface area contributed by atoms with E-state index in [1.807, 2.05) is 4.90 Å². The van der Waals surface area contributed by atoms with Gasteiger partial charge in [-0.05, 0) is 24.0 Å². The molecule has 2 aliphatic heterocycles. The lowest BCUT2D eigenvalue weighted by Crippen LogP contribution is -2.53. The highest BCUT2D eigenvalue weighted by Crippen LogP contribution is 2.41. The van der Waals surface area contributed by atoms with Gasteiger partial charge in [0.05, 0.1) is 6.61 Å². The van der Waals surface area contributed by atoms with Gasteiger partial charge in [0.2, 0.25) is 5.91 Å². The number of ether oxygens (including phenoxy) is 2. The van der Waals surface area contributed by atoms with E-state index < -0.39 is 12.1 Å². The molecular formula is C21H29F3N2O5. The van der Waals surface area contributed by atoms with Gasteiger partial charge in [-0.15, -0.1) is 0 Å². The Hall–Kier alpha value is -2.17. The van der Waals surface area contributed by atoms with Crippen LogP contribution < -0.4 is 0 Å². The van der Waals surface area contributed by atoms with Crippen LogP contribution in [0.2, 0.25) is 0 Å². The Kier molecular flexibility index (Phi) is 8.84. The number of fused-ring (bicyclic) bond motifs is 2. The summed E-state index contributed by atoms with van der Waals surface area (Å²) in [4.78, 5) is 25.4. The minimum atomic E-state index is -5.08. The van der Waals surface area contributed by atoms with E-state index in [0.29, 0.717) is 0 Å². The summed E-state index contributed by atoms with van der Waals surface area (Å²) in [5.74, 6) is -2.65. The molecule has 1 spiro atoms. The molecule has 0 bridgehead atoms. The predicted octanol–water partition coefficient (Wildman–Crippen LogP) is 2.29. The zero-order valence-corrected chi connectivity index (χ0v) is 17.8. The molecule has 0 aliphatic carbocycles. The number of alkyl halides is 3. The second kappa shape index (κ2) is 10.9. The molecule has 1 aromatic rings. The van der Waals surface area contributed by atoms with Crippen molar-refractivity contribution in [3.05, 3.63) is 35.4 Å². The van der Waals surface area contributed by atoms with Crippen molar-refractivity contribution in [2.45, 2.75) is 31.0 Å². The monoisotopic (exact) mass is 446 g/mol. The summed E-state index contributed by atoms with van der Waals surface area (Å²) in [6.45, 7) is 5.58. The summed E-state index contributed by atoms with van der Waals surface area (Å²) in [5.41, 5.74) is 3.07. The lowest BCUT2D eigenvalue weighted by molar-refractivity contribution is -0.192. The van der Waals surface area contributed by atoms with Gasteiger partial charge in [-0.1, -0.05) is 24.3 Å². The van der Waals surface area contributed by atoms with Crippen LogP contribution in [-0.4, -0.2) is 86.6 Å². The molecule has 0 aromatic heterocycles. The van der Waals surface area contributed by atoms with Crippen molar-refractivity contribution >= 4 is 11.9 Å². The molecule has 0 unspecified atom stereocenters. The van der Waals surface area contributed by atoms with E-state index in [-0.39, 0.29) is 17.9 Å². The highest BCUT2D eigenvalue weighted by Gasteiger charge is 2.42. The first-order chi connectivity index (χ1) is 14.6. The first-order valence-corrected chi connectivity index (χ1v) is 9.99. The number of rotatable bonds is 5. The second-order valence-electron chi connectivity index (χ2n) is 7.76. The molecule has 1 amide bonds. The summed E-state index contributed by atoms with van der Waals surface area (Å²) in [7, 11) is 3.34. The number of nitrogens with zero attached hydrogens (tertiary/aromatic N) is 2. The molecule has 0 saturated carbocycles. The van der Waals surface area contributed by atoms with Crippen LogP contribution in [-0.2, 0) is 31.0 Å². The zero-order valence-electron chi connectivity index (χ0n) is 17.8. The standard InChI is InChI=1S/C19H28N2O3.C2HF3O2/c1-23-12-11-20-13-16-5-3-4-6-17(16)19(15-20)7-9-21(10-8-19)18(22)14-24-2;3-2(4,5)1(6)7/h3-6H,7-15H2,1-2H3;(H,6,7). The van der Waals surface area contributed by atoms with E-state index in [1.165, 1.54) is 11.1 Å². The van der Waals surface area contributed by atoms with Crippen LogP contribution in [0.15, 0.2) is 24.3 Å². The molecule has 174 valence electrons. The Morgan fingerprint density at radius 2 is 1.74 bits per heavy atom. The van der Waals surface area contributed by atoms with Gasteiger partial charge in [0.15, 0.2) is 0 Å². The van der Waals surface area contributed by atoms with Crippen molar-refractivity contribution in [3.63, 3.8) is 0 Å². The summed E-state index contributed by atoms with van der Waals surface area (Å²) >= 11 is 0. The predicted molar refractivity (Wildman–Crippen MR) is 107 cm³/mol. The molecule has 2 heterocycles. The molecule has 1 saturated heterocycles. The van der Waals surface area contributed by atoms with E-state index in [2.05, 4.69) is 29.2 Å². The molecule has 31 heavy (non-hydrogen) atoms. The minimum absolute atomic E-state index is 0.104. The highest BCUT2D eigenvalue weighted by molar-refractivity contribution is 5.77. The second-order valence-corrected chi connectivity index (χ2v) is 7.76. The van der Waals surface area contributed by atoms with Crippen molar-refractivity contribution in [2.75, 3.05) is 53.6 Å². The van der Waals surface area contributed by atoms with Crippen LogP contribution in [0.25, 0.3) is 0 Å². The van der Waals surface area contributed by atoms with Gasteiger partial charge in [0.25, 0.3) is 0 Å². The van der Waals surface area contributed by atoms with Crippen LogP contribution in [0.4, 0.5) is 13.2 Å². The number of aliphatic carboxylic acids is 1. The maximum Gasteiger partial charge on any atom is 0.490 e. The Morgan fingerprint density at radius 3 is 2.29 bits per heavy atom. The van der Waals surface area contributed by atoms with Crippen LogP contribution in [0, 0.1) is 0 Å². The maximum absolute atomic E-state index is 12.1. The molecule has 1 fully saturated rings. The minimum Gasteiger partial charge on any atom is -0.475 e. The van der Waals surface area contributed by atoms with Crippen LogP contribution in [0.5, 0.6) is 0 Å². The average Bonchev–Trinajstić information content (AvgIpc) is 2.73. The smallest absolute Gasteiger partial charge is 0.475 e. The van der Waals surface area contributed by atoms with Gasteiger partial charge in [-0.25, -0.2) is 4.79 Å². The molecule has 0 radical (unpaired) electrons. The fourth-order valence-corrected chi connectivity index (χ4v) is 4.19. The highest BCUT2D eigenvalue weighted by atomic mass is 19.4. The first-order valence-electron chi connectivity index (χ1n) is 9.99. The number of hydrogen-bond donors (Lipinski definition) is 1. The maximum atomic E-state index is 12.1. The number of halogens is 3. The normalized spacial score (nSPS) is 18.2. The number of carboxylic acids is 1. The zero-order chi connectivity index (χ0) is 23.1. The van der Waals surface area contributed by atoms with Gasteiger partial charge < -0.3 is 19.5 Å². The number of methoxy groups -OCH3 is 2. The van der Waals surface area contributed by atoms with Crippen molar-refractivity contribution in [1.29, 1.82) is 0 Å². The van der Waals surface area contributed by atoms with Crippen LogP contribution in [0.3, 0.4) is 0 Å². The number of carbonyl (C=O) groups is 2. The molecule has 7 nitrogen and oxygen atoms in total. The molecular weight excluding hydrogens is 417 g/mol. The lowest BCUT2D eigenvalue weighted by Gasteiger charge is -2.48. The van der Waals surface area contributed by atoms with E-state index in [1.54, 1.807) is 14.2 Å². The van der Waals surface area contributed by atoms with Gasteiger partial charge in [-0.3, -0.25) is 9.69 Å². The van der Waals surface area contributed by atoms with E-state index in [9.17, 15) is 18.0 Å². The number of carbonyl (C=O) groups excluding carboxylic acids is 1. The van der Waals surface area contributed by atoms with Gasteiger partial charge in [0.1, 0.15) is 6.61 Å². The van der Waals surface area contributed by atoms with Gasteiger partial charge in [-0.2, -0.15) is 13.2 Å². The fourth-order valence-electron chi connectivity index (χ4n) is 4.19. The number of amides is 1. The molecule has 10 heteroatoms. The molecule has 2 aliphatic rings. The van der Waals surface area contributed by atoms with Crippen molar-refractivity contribution in [1.82, 2.24) is 9.80 Å². The largest absolute Gasteiger partial charge is 0.490 e. The lowest BCUT2D eigenvalue weighted by atomic mass is 9.69. The number of piperidine rings is 1. The first kappa shape index (κ1) is 25.1. The van der Waals surface area contributed by atoms with Crippen molar-refractivity contribution < 1.29 is 37.3 Å². The Bertz CT molecular complexity index is 749. The Morgan fingerprint density at radius 1 is 1.13 bits per heavy atom. The van der Waals surface area contributed by atoms with E-state index >= 15 is 0 Å². The molecule has 0 atom stereocenters. The van der Waals surface area contributed by atoms with Gasteiger partial charge in [0, 0.05) is 52.4 Å². The van der Waals surface area contributed by atoms with Crippen molar-refractivity contribution in [3.8, 4) is 0 Å². The molecule has 3 rings (SSSR count). The quantitative estimate of drug-likeness (QED) is 0.748. The van der Waals surface area contributed by atoms with Crippen LogP contribution >= 0.6 is 0 Å². The summed E-state index contributed by atoms with van der Waals surface area (Å²) < 4.78 is 42.0. The number of hydrogen-bond acceptors (Lipinski definition) is 5. The fraction of sp³-hybridized carbons (Fsp3) is 0.619. The number of carboxylic acid groups (broad SMARTS) is 1. The van der Waals surface area contributed by atoms with E-state index in [0.717, 1.165) is 52.2 Å². The Balaban J connectivity index is 0.000000423. The third-order valence-corrected chi connectivity index (χ3v) is 5.70.